The van der Waals surface area contributed by atoms with E-state index < -0.39 is 0 Å². The topological polar surface area (TPSA) is 43.6 Å². The van der Waals surface area contributed by atoms with Gasteiger partial charge in [-0.1, -0.05) is 121 Å². The molecule has 4 heterocycles. The summed E-state index contributed by atoms with van der Waals surface area (Å²) in [5.41, 5.74) is 8.61. The van der Waals surface area contributed by atoms with Crippen molar-refractivity contribution in [1.82, 2.24) is 19.5 Å². The van der Waals surface area contributed by atoms with Crippen molar-refractivity contribution in [3.8, 4) is 51.0 Å². The van der Waals surface area contributed by atoms with Crippen LogP contribution in [0.2, 0.25) is 0 Å². The van der Waals surface area contributed by atoms with Crippen molar-refractivity contribution in [1.29, 1.82) is 0 Å². The lowest BCUT2D eigenvalue weighted by molar-refractivity contribution is 1.07. The van der Waals surface area contributed by atoms with E-state index in [2.05, 4.69) is 187 Å². The minimum atomic E-state index is 0.634. The molecule has 12 aromatic rings. The first-order valence-corrected chi connectivity index (χ1v) is 20.6. The summed E-state index contributed by atoms with van der Waals surface area (Å²) in [5.74, 6) is 1.95. The number of rotatable bonds is 5. The minimum absolute atomic E-state index is 0.634. The van der Waals surface area contributed by atoms with Crippen molar-refractivity contribution in [2.24, 2.45) is 0 Å². The second-order valence-corrected chi connectivity index (χ2v) is 16.6. The summed E-state index contributed by atoms with van der Waals surface area (Å²) < 4.78 is 7.36. The largest absolute Gasteiger partial charge is 0.309 e. The Balaban J connectivity index is 1.09. The van der Waals surface area contributed by atoms with Crippen LogP contribution in [0.15, 0.2) is 182 Å². The number of benzene rings is 8. The first-order chi connectivity index (χ1) is 28.2. The summed E-state index contributed by atoms with van der Waals surface area (Å²) in [6, 6.07) is 65.0. The van der Waals surface area contributed by atoms with Gasteiger partial charge in [0.15, 0.2) is 17.5 Å². The number of hydrogen-bond donors (Lipinski definition) is 0. The zero-order valence-corrected chi connectivity index (χ0v) is 32.1. The van der Waals surface area contributed by atoms with E-state index in [0.29, 0.717) is 17.5 Å². The summed E-state index contributed by atoms with van der Waals surface area (Å²) in [7, 11) is 0. The molecule has 0 aliphatic rings. The molecule has 12 rings (SSSR count). The quantitative estimate of drug-likeness (QED) is 0.175. The van der Waals surface area contributed by atoms with E-state index in [1.54, 1.807) is 11.3 Å². The number of hydrogen-bond acceptors (Lipinski definition) is 5. The summed E-state index contributed by atoms with van der Waals surface area (Å²) in [5, 5.41) is 7.28. The highest BCUT2D eigenvalue weighted by atomic mass is 32.1. The number of fused-ring (bicyclic) bond motifs is 9. The van der Waals surface area contributed by atoms with Gasteiger partial charge in [-0.2, -0.15) is 0 Å². The van der Waals surface area contributed by atoms with Crippen LogP contribution in [0.25, 0.3) is 113 Å². The van der Waals surface area contributed by atoms with Gasteiger partial charge >= 0.3 is 0 Å². The number of para-hydroxylation sites is 1. The van der Waals surface area contributed by atoms with Crippen molar-refractivity contribution in [3.63, 3.8) is 0 Å². The van der Waals surface area contributed by atoms with Gasteiger partial charge in [-0.05, 0) is 71.8 Å². The Hall–Kier alpha value is -6.99. The third kappa shape index (κ3) is 5.22. The van der Waals surface area contributed by atoms with Crippen LogP contribution in [0, 0.1) is 0 Å². The van der Waals surface area contributed by atoms with Crippen LogP contribution in [-0.2, 0) is 0 Å². The first kappa shape index (κ1) is 32.3. The van der Waals surface area contributed by atoms with E-state index >= 15 is 0 Å². The Labute approximate surface area is 335 Å². The maximum absolute atomic E-state index is 5.31. The fourth-order valence-electron chi connectivity index (χ4n) is 8.42. The Morgan fingerprint density at radius 3 is 1.79 bits per heavy atom. The lowest BCUT2D eigenvalue weighted by atomic mass is 10.0. The molecule has 8 aromatic carbocycles. The molecule has 0 saturated heterocycles. The molecule has 0 amide bonds. The van der Waals surface area contributed by atoms with Crippen LogP contribution >= 0.6 is 22.7 Å². The Kier molecular flexibility index (Phi) is 7.24. The van der Waals surface area contributed by atoms with E-state index in [0.717, 1.165) is 33.4 Å². The molecule has 4 nitrogen and oxygen atoms in total. The normalized spacial score (nSPS) is 11.9. The number of nitrogens with zero attached hydrogens (tertiary/aromatic N) is 4. The molecule has 0 aliphatic heterocycles. The second-order valence-electron chi connectivity index (χ2n) is 14.4. The number of aromatic nitrogens is 4. The molecule has 0 radical (unpaired) electrons. The molecular formula is C51H30N4S2. The zero-order valence-electron chi connectivity index (χ0n) is 30.4. The maximum atomic E-state index is 5.31. The third-order valence-electron chi connectivity index (χ3n) is 11.1. The Morgan fingerprint density at radius 1 is 0.333 bits per heavy atom. The van der Waals surface area contributed by atoms with Crippen molar-refractivity contribution >= 4 is 84.8 Å². The molecule has 57 heavy (non-hydrogen) atoms. The van der Waals surface area contributed by atoms with Gasteiger partial charge in [0.25, 0.3) is 0 Å². The highest BCUT2D eigenvalue weighted by Gasteiger charge is 2.19. The smallest absolute Gasteiger partial charge is 0.164 e. The van der Waals surface area contributed by atoms with E-state index in [9.17, 15) is 0 Å². The van der Waals surface area contributed by atoms with Crippen LogP contribution in [0.1, 0.15) is 0 Å². The monoisotopic (exact) mass is 762 g/mol. The first-order valence-electron chi connectivity index (χ1n) is 19.0. The van der Waals surface area contributed by atoms with Crippen molar-refractivity contribution in [2.45, 2.75) is 0 Å². The molecule has 0 aliphatic carbocycles. The summed E-state index contributed by atoms with van der Waals surface area (Å²) >= 11 is 3.62. The van der Waals surface area contributed by atoms with Crippen LogP contribution in [0.3, 0.4) is 0 Å². The number of thiophene rings is 2. The summed E-state index contributed by atoms with van der Waals surface area (Å²) in [6.07, 6.45) is 0. The molecular weight excluding hydrogens is 733 g/mol. The summed E-state index contributed by atoms with van der Waals surface area (Å²) in [4.78, 5) is 15.9. The van der Waals surface area contributed by atoms with Gasteiger partial charge in [0.05, 0.1) is 11.0 Å². The minimum Gasteiger partial charge on any atom is -0.309 e. The average molecular weight is 763 g/mol. The van der Waals surface area contributed by atoms with Gasteiger partial charge in [-0.3, -0.25) is 0 Å². The average Bonchev–Trinajstić information content (AvgIpc) is 3.96. The highest BCUT2D eigenvalue weighted by Crippen LogP contribution is 2.41. The summed E-state index contributed by atoms with van der Waals surface area (Å²) in [6.45, 7) is 0. The van der Waals surface area contributed by atoms with E-state index in [-0.39, 0.29) is 0 Å². The highest BCUT2D eigenvalue weighted by molar-refractivity contribution is 7.26. The van der Waals surface area contributed by atoms with Gasteiger partial charge in [0.2, 0.25) is 0 Å². The van der Waals surface area contributed by atoms with Gasteiger partial charge in [0.1, 0.15) is 0 Å². The van der Waals surface area contributed by atoms with Crippen molar-refractivity contribution < 1.29 is 0 Å². The van der Waals surface area contributed by atoms with Crippen LogP contribution < -0.4 is 0 Å². The van der Waals surface area contributed by atoms with Gasteiger partial charge in [0, 0.05) is 73.5 Å². The van der Waals surface area contributed by atoms with E-state index in [1.165, 1.54) is 62.2 Å². The fourth-order valence-corrected chi connectivity index (χ4v) is 10.6. The lowest BCUT2D eigenvalue weighted by Gasteiger charge is -2.12. The lowest BCUT2D eigenvalue weighted by Crippen LogP contribution is -2.01. The standard InChI is InChI=1S/C51H30N4S2/c1-2-12-31(13-3-1)32-24-26-37-36-16-4-7-20-42(36)55(43(37)30-32)35-15-10-14-33(28-35)49-52-50(34-25-27-46-41(29-34)38-17-5-8-21-44(38)56-46)54-51(53-49)40-19-11-23-47-48(40)39-18-6-9-22-45(39)57-47/h1-30H. The fraction of sp³-hybridized carbons (Fsp3) is 0. The molecule has 0 spiro atoms. The molecule has 0 saturated carbocycles. The van der Waals surface area contributed by atoms with Crippen molar-refractivity contribution in [2.75, 3.05) is 0 Å². The van der Waals surface area contributed by atoms with Crippen LogP contribution in [0.5, 0.6) is 0 Å². The molecule has 4 aromatic heterocycles. The van der Waals surface area contributed by atoms with Crippen molar-refractivity contribution in [3.05, 3.63) is 182 Å². The van der Waals surface area contributed by atoms with Gasteiger partial charge in [-0.15, -0.1) is 22.7 Å². The predicted molar refractivity (Wildman–Crippen MR) is 242 cm³/mol. The molecule has 266 valence electrons. The van der Waals surface area contributed by atoms with E-state index in [1.807, 2.05) is 11.3 Å². The SMILES string of the molecule is c1ccc(-c2ccc3c4ccccc4n(-c4cccc(-c5nc(-c6ccc7sc8ccccc8c7c6)nc(-c6cccc7sc8ccccc8c67)n5)c4)c3c2)cc1. The molecule has 0 unspecified atom stereocenters. The van der Waals surface area contributed by atoms with Crippen LogP contribution in [-0.4, -0.2) is 19.5 Å². The zero-order chi connectivity index (χ0) is 37.5. The molecule has 0 N–H and O–H groups in total. The van der Waals surface area contributed by atoms with Crippen LogP contribution in [0.4, 0.5) is 0 Å². The molecule has 0 bridgehead atoms. The molecule has 6 heteroatoms. The van der Waals surface area contributed by atoms with E-state index in [4.69, 9.17) is 15.0 Å². The molecule has 0 atom stereocenters. The van der Waals surface area contributed by atoms with Gasteiger partial charge < -0.3 is 4.57 Å². The third-order valence-corrected chi connectivity index (χ3v) is 13.3. The maximum Gasteiger partial charge on any atom is 0.164 e. The Morgan fingerprint density at radius 2 is 0.930 bits per heavy atom. The predicted octanol–water partition coefficient (Wildman–Crippen LogP) is 14.4. The second kappa shape index (κ2) is 12.8. The van der Waals surface area contributed by atoms with Gasteiger partial charge in [-0.25, -0.2) is 15.0 Å². The molecule has 0 fully saturated rings. The Bertz CT molecular complexity index is 3540.